The predicted octanol–water partition coefficient (Wildman–Crippen LogP) is 5.39. The van der Waals surface area contributed by atoms with Crippen molar-refractivity contribution in [3.8, 4) is 0 Å². The molecule has 2 aromatic carbocycles. The Morgan fingerprint density at radius 1 is 0.767 bits per heavy atom. The molecule has 0 unspecified atom stereocenters. The predicted molar refractivity (Wildman–Crippen MR) is 131 cm³/mol. The lowest BCUT2D eigenvalue weighted by Crippen LogP contribution is -3.06. The van der Waals surface area contributed by atoms with Crippen molar-refractivity contribution < 1.29 is 15.9 Å². The number of carbonyl (C=O) groups excluding carboxylic acids is 2. The van der Waals surface area contributed by atoms with Gasteiger partial charge in [-0.3, -0.25) is 9.59 Å². The van der Waals surface area contributed by atoms with E-state index in [4.69, 9.17) is 1.41 Å². The first-order chi connectivity index (χ1) is 14.8. The summed E-state index contributed by atoms with van der Waals surface area (Å²) in [6.07, 6.45) is 0. The van der Waals surface area contributed by atoms with Gasteiger partial charge in [-0.1, -0.05) is 85.7 Å². The van der Waals surface area contributed by atoms with Crippen LogP contribution in [0, 0.1) is 6.92 Å². The largest absolute Gasteiger partial charge is 0.349 e. The maximum Gasteiger partial charge on any atom is 0.349 e. The Balaban J connectivity index is 0. The molecule has 0 saturated heterocycles. The van der Waals surface area contributed by atoms with Crippen LogP contribution in [0.4, 0.5) is 5.69 Å². The summed E-state index contributed by atoms with van der Waals surface area (Å²) >= 11 is 0. The lowest BCUT2D eigenvalue weighted by Gasteiger charge is -2.22. The van der Waals surface area contributed by atoms with Gasteiger partial charge in [-0.2, -0.15) is 0 Å². The van der Waals surface area contributed by atoms with Crippen molar-refractivity contribution in [3.63, 3.8) is 0 Å². The van der Waals surface area contributed by atoms with Crippen LogP contribution in [0.1, 0.15) is 92.8 Å². The Labute approximate surface area is 186 Å². The smallest absolute Gasteiger partial charge is 0.338 e. The van der Waals surface area contributed by atoms with E-state index in [1.54, 1.807) is 38.4 Å². The third-order valence-corrected chi connectivity index (χ3v) is 3.87. The molecule has 0 bridgehead atoms. The van der Waals surface area contributed by atoms with Crippen molar-refractivity contribution in [3.05, 3.63) is 64.2 Å². The fourth-order valence-electron chi connectivity index (χ4n) is 2.77. The van der Waals surface area contributed by atoms with E-state index in [0.717, 1.165) is 5.56 Å². The van der Waals surface area contributed by atoms with Crippen LogP contribution >= 0.6 is 0 Å². The maximum absolute atomic E-state index is 12.9. The quantitative estimate of drug-likeness (QED) is 0.563. The number of aryl methyl sites for hydroxylation is 1. The van der Waals surface area contributed by atoms with Crippen LogP contribution in [0.15, 0.2) is 36.4 Å². The summed E-state index contributed by atoms with van der Waals surface area (Å²) in [6.45, 7) is 18.2. The number of fused-ring (bicyclic) bond motifs is 2. The molecule has 0 saturated carbocycles. The summed E-state index contributed by atoms with van der Waals surface area (Å²) in [4.78, 5) is 25.7. The van der Waals surface area contributed by atoms with Gasteiger partial charge in [0, 0.05) is 16.7 Å². The first kappa shape index (κ1) is 27.5. The Bertz CT molecular complexity index is 825. The molecule has 0 aromatic heterocycles. The third kappa shape index (κ3) is 7.10. The van der Waals surface area contributed by atoms with Crippen molar-refractivity contribution >= 4 is 17.3 Å². The number of quaternary nitrogens is 1. The molecule has 3 rings (SSSR count). The normalized spacial score (nSPS) is 11.2. The van der Waals surface area contributed by atoms with Crippen LogP contribution in [0.25, 0.3) is 0 Å². The summed E-state index contributed by atoms with van der Waals surface area (Å²) in [5.41, 5.74) is 3.19. The number of nitrogens with one attached hydrogen (secondary N) is 2. The summed E-state index contributed by atoms with van der Waals surface area (Å²) < 4.78 is 7.89. The monoisotopic (exact) mass is 416 g/mol. The topological polar surface area (TPSA) is 50.6 Å². The van der Waals surface area contributed by atoms with Crippen molar-refractivity contribution in [1.82, 2.24) is 0 Å². The number of benzene rings is 2. The van der Waals surface area contributed by atoms with Crippen LogP contribution in [0.5, 0.6) is 0 Å². The molecule has 0 aliphatic heterocycles. The van der Waals surface area contributed by atoms with Gasteiger partial charge >= 0.3 is 1.41 Å². The van der Waals surface area contributed by atoms with Crippen molar-refractivity contribution in [2.45, 2.75) is 62.3 Å². The Kier molecular flexibility index (Phi) is 15.0. The second-order valence-electron chi connectivity index (χ2n) is 5.80. The molecule has 2 aromatic rings. The minimum Gasteiger partial charge on any atom is -0.338 e. The SMILES string of the molecule is CC.CC.CC.CC.[2H][N+](C)(C)CNc1ccc(C)c2c1C(=O)c1ccccc1C2=O. The average Bonchev–Trinajstić information content (AvgIpc) is 2.81. The zero-order chi connectivity index (χ0) is 24.8. The van der Waals surface area contributed by atoms with E-state index < -0.39 is 0 Å². The van der Waals surface area contributed by atoms with Gasteiger partial charge in [0.05, 0.1) is 25.3 Å². The molecule has 0 spiro atoms. The van der Waals surface area contributed by atoms with Gasteiger partial charge < -0.3 is 10.2 Å². The van der Waals surface area contributed by atoms with Gasteiger partial charge in [0.15, 0.2) is 11.6 Å². The van der Waals surface area contributed by atoms with Gasteiger partial charge in [0.25, 0.3) is 0 Å². The Morgan fingerprint density at radius 3 is 1.63 bits per heavy atom. The molecule has 1 aliphatic rings. The number of rotatable bonds is 3. The molecule has 4 nitrogen and oxygen atoms in total. The Morgan fingerprint density at radius 2 is 1.20 bits per heavy atom. The van der Waals surface area contributed by atoms with Gasteiger partial charge in [-0.05, 0) is 18.6 Å². The van der Waals surface area contributed by atoms with Crippen molar-refractivity contribution in [2.24, 2.45) is 0 Å². The van der Waals surface area contributed by atoms with Crippen molar-refractivity contribution in [1.29, 1.82) is 0 Å². The molecular formula is C26H43N2O2+. The Hall–Kier alpha value is -2.46. The zero-order valence-corrected chi connectivity index (χ0v) is 20.9. The third-order valence-electron chi connectivity index (χ3n) is 3.87. The van der Waals surface area contributed by atoms with E-state index in [1.165, 1.54) is 0 Å². The minimum absolute atomic E-state index is 0.0403. The van der Waals surface area contributed by atoms with E-state index >= 15 is 0 Å². The molecular weight excluding hydrogens is 372 g/mol. The molecule has 0 radical (unpaired) electrons. The number of hydrogen-bond donors (Lipinski definition) is 2. The first-order valence-electron chi connectivity index (χ1n) is 11.7. The molecule has 4 heteroatoms. The van der Waals surface area contributed by atoms with E-state index in [2.05, 4.69) is 5.32 Å². The second kappa shape index (κ2) is 16.3. The fraction of sp³-hybridized carbons (Fsp3) is 0.462. The number of hydrogen-bond acceptors (Lipinski definition) is 3. The van der Waals surface area contributed by atoms with E-state index in [-0.39, 0.29) is 16.5 Å². The minimum atomic E-state index is -0.142. The lowest BCUT2D eigenvalue weighted by molar-refractivity contribution is -0.854. The highest BCUT2D eigenvalue weighted by Gasteiger charge is 2.32. The van der Waals surface area contributed by atoms with Gasteiger partial charge in [0.1, 0.15) is 6.67 Å². The lowest BCUT2D eigenvalue weighted by atomic mass is 9.81. The molecule has 0 fully saturated rings. The van der Waals surface area contributed by atoms with E-state index in [0.29, 0.717) is 34.6 Å². The summed E-state index contributed by atoms with van der Waals surface area (Å²) in [5, 5.41) is 3.13. The van der Waals surface area contributed by atoms with Crippen LogP contribution in [-0.4, -0.2) is 32.3 Å². The average molecular weight is 417 g/mol. The molecule has 0 amide bonds. The molecule has 0 atom stereocenters. The van der Waals surface area contributed by atoms with Crippen LogP contribution < -0.4 is 10.2 Å². The zero-order valence-electron chi connectivity index (χ0n) is 21.9. The maximum atomic E-state index is 12.9. The number of anilines is 1. The van der Waals surface area contributed by atoms with E-state index in [1.807, 2.05) is 74.4 Å². The van der Waals surface area contributed by atoms with Gasteiger partial charge in [-0.15, -0.1) is 0 Å². The van der Waals surface area contributed by atoms with Crippen LogP contribution in [0.3, 0.4) is 0 Å². The number of carbonyl (C=O) groups is 2. The highest BCUT2D eigenvalue weighted by molar-refractivity contribution is 6.30. The highest BCUT2D eigenvalue weighted by atomic mass is 16.1. The fourth-order valence-corrected chi connectivity index (χ4v) is 2.77. The summed E-state index contributed by atoms with van der Waals surface area (Å²) in [6, 6.07) is 10.6. The van der Waals surface area contributed by atoms with Gasteiger partial charge in [0.2, 0.25) is 0 Å². The van der Waals surface area contributed by atoms with Crippen molar-refractivity contribution in [2.75, 3.05) is 26.1 Å². The highest BCUT2D eigenvalue weighted by Crippen LogP contribution is 2.33. The molecule has 168 valence electrons. The standard InChI is InChI=1S/C18H18N2O2.4C2H6/c1-11-8-9-14(19-10-20(2)3)16-15(11)17(21)12-6-4-5-7-13(12)18(16)22;4*1-2/h4-9,19H,10H2,1-3H3;4*1-2H3/p+1/i/hD. The molecule has 30 heavy (non-hydrogen) atoms. The van der Waals surface area contributed by atoms with Gasteiger partial charge in [-0.25, -0.2) is 0 Å². The number of ketones is 2. The molecule has 2 N–H and O–H groups in total. The summed E-state index contributed by atoms with van der Waals surface area (Å²) in [5.74, 6) is -0.257. The first-order valence-corrected chi connectivity index (χ1v) is 11.2. The van der Waals surface area contributed by atoms with Crippen LogP contribution in [-0.2, 0) is 0 Å². The van der Waals surface area contributed by atoms with E-state index in [9.17, 15) is 9.59 Å². The van der Waals surface area contributed by atoms with Crippen LogP contribution in [0.2, 0.25) is 1.41 Å². The summed E-state index contributed by atoms with van der Waals surface area (Å²) in [7, 11) is 3.46. The second-order valence-corrected chi connectivity index (χ2v) is 5.80. The molecule has 1 aliphatic carbocycles. The molecule has 0 heterocycles.